The number of esters is 2. The summed E-state index contributed by atoms with van der Waals surface area (Å²) in [4.78, 5) is 23.1. The number of rotatable bonds is 16. The molecule has 2 rings (SSSR count). The van der Waals surface area contributed by atoms with Crippen LogP contribution in [-0.2, 0) is 23.7 Å². The molecule has 0 radical (unpaired) electrons. The Hall–Kier alpha value is -3.54. The van der Waals surface area contributed by atoms with Crippen molar-refractivity contribution in [3.05, 3.63) is 47.5 Å². The van der Waals surface area contributed by atoms with Crippen molar-refractivity contribution in [3.63, 3.8) is 0 Å². The van der Waals surface area contributed by atoms with E-state index in [1.54, 1.807) is 0 Å². The maximum Gasteiger partial charge on any atom is 0.337 e. The summed E-state index contributed by atoms with van der Waals surface area (Å²) in [5, 5.41) is 19.6. The lowest BCUT2D eigenvalue weighted by Gasteiger charge is -2.11. The van der Waals surface area contributed by atoms with Gasteiger partial charge in [0, 0.05) is 0 Å². The van der Waals surface area contributed by atoms with Crippen LogP contribution < -0.4 is 9.47 Å². The minimum Gasteiger partial charge on any atom is -0.504 e. The van der Waals surface area contributed by atoms with Gasteiger partial charge in [-0.05, 0) is 36.4 Å². The molecule has 2 N–H and O–H groups in total. The number of hydrogen-bond acceptors (Lipinski definition) is 11. The van der Waals surface area contributed by atoms with Gasteiger partial charge in [0.2, 0.25) is 0 Å². The SMILES string of the molecule is COC(=O)c1ccc(O)c(OCCOCCOCCOCCOc2cc(C(=O)OC)ccc2O)c1. The molecule has 0 bridgehead atoms. The maximum absolute atomic E-state index is 11.5. The van der Waals surface area contributed by atoms with E-state index in [4.69, 9.17) is 23.7 Å². The normalized spacial score (nSPS) is 10.6. The molecule has 0 heterocycles. The standard InChI is InChI=1S/C24H30O11/c1-29-23(27)17-3-5-19(25)21(15-17)34-13-11-32-9-7-31-8-10-33-12-14-35-22-16-18(24(28)30-2)4-6-20(22)26/h3-6,15-16,25-26H,7-14H2,1-2H3. The van der Waals surface area contributed by atoms with Crippen LogP contribution in [0.1, 0.15) is 20.7 Å². The number of benzene rings is 2. The van der Waals surface area contributed by atoms with E-state index in [1.165, 1.54) is 50.6 Å². The highest BCUT2D eigenvalue weighted by molar-refractivity contribution is 5.90. The summed E-state index contributed by atoms with van der Waals surface area (Å²) < 4.78 is 36.3. The average molecular weight is 494 g/mol. The third-order valence-corrected chi connectivity index (χ3v) is 4.48. The van der Waals surface area contributed by atoms with Crippen molar-refractivity contribution in [1.82, 2.24) is 0 Å². The Kier molecular flexibility index (Phi) is 12.2. The van der Waals surface area contributed by atoms with Crippen LogP contribution in [-0.4, -0.2) is 89.2 Å². The van der Waals surface area contributed by atoms with E-state index in [0.717, 1.165) is 0 Å². The summed E-state index contributed by atoms with van der Waals surface area (Å²) in [6, 6.07) is 8.40. The zero-order chi connectivity index (χ0) is 25.5. The van der Waals surface area contributed by atoms with Gasteiger partial charge in [-0.3, -0.25) is 0 Å². The van der Waals surface area contributed by atoms with Crippen LogP contribution in [0.5, 0.6) is 23.0 Å². The molecule has 35 heavy (non-hydrogen) atoms. The zero-order valence-electron chi connectivity index (χ0n) is 19.7. The lowest BCUT2D eigenvalue weighted by Crippen LogP contribution is -2.14. The molecule has 0 saturated heterocycles. The fourth-order valence-electron chi connectivity index (χ4n) is 2.71. The molecule has 192 valence electrons. The van der Waals surface area contributed by atoms with Crippen LogP contribution in [0.25, 0.3) is 0 Å². The Bertz CT molecular complexity index is 870. The van der Waals surface area contributed by atoms with Crippen molar-refractivity contribution in [3.8, 4) is 23.0 Å². The smallest absolute Gasteiger partial charge is 0.337 e. The third-order valence-electron chi connectivity index (χ3n) is 4.48. The maximum atomic E-state index is 11.5. The second-order valence-electron chi connectivity index (χ2n) is 6.88. The van der Waals surface area contributed by atoms with E-state index < -0.39 is 11.9 Å². The molecular formula is C24H30O11. The van der Waals surface area contributed by atoms with Gasteiger partial charge in [-0.2, -0.15) is 0 Å². The minimum absolute atomic E-state index is 0.0853. The molecule has 2 aromatic rings. The fourth-order valence-corrected chi connectivity index (χ4v) is 2.71. The number of phenolic OH excluding ortho intramolecular Hbond substituents is 2. The van der Waals surface area contributed by atoms with Gasteiger partial charge in [0.1, 0.15) is 13.2 Å². The number of carbonyl (C=O) groups excluding carboxylic acids is 2. The fraction of sp³-hybridized carbons (Fsp3) is 0.417. The highest BCUT2D eigenvalue weighted by Gasteiger charge is 2.11. The van der Waals surface area contributed by atoms with Gasteiger partial charge in [-0.15, -0.1) is 0 Å². The molecule has 0 fully saturated rings. The first-order valence-corrected chi connectivity index (χ1v) is 10.8. The van der Waals surface area contributed by atoms with Gasteiger partial charge in [-0.1, -0.05) is 0 Å². The second-order valence-corrected chi connectivity index (χ2v) is 6.88. The topological polar surface area (TPSA) is 139 Å². The molecule has 0 amide bonds. The van der Waals surface area contributed by atoms with Gasteiger partial charge < -0.3 is 43.4 Å². The molecule has 0 aliphatic heterocycles. The Balaban J connectivity index is 1.48. The van der Waals surface area contributed by atoms with Crippen molar-refractivity contribution in [2.45, 2.75) is 0 Å². The molecule has 0 aromatic heterocycles. The minimum atomic E-state index is -0.524. The quantitative estimate of drug-likeness (QED) is 0.262. The molecule has 0 unspecified atom stereocenters. The van der Waals surface area contributed by atoms with Crippen molar-refractivity contribution in [2.24, 2.45) is 0 Å². The molecular weight excluding hydrogens is 464 g/mol. The van der Waals surface area contributed by atoms with Gasteiger partial charge in [0.25, 0.3) is 0 Å². The van der Waals surface area contributed by atoms with Crippen molar-refractivity contribution < 1.29 is 53.0 Å². The predicted octanol–water partition coefficient (Wildman–Crippen LogP) is 2.18. The van der Waals surface area contributed by atoms with Crippen LogP contribution in [0, 0.1) is 0 Å². The Morgan fingerprint density at radius 1 is 0.600 bits per heavy atom. The van der Waals surface area contributed by atoms with Crippen LogP contribution in [0.4, 0.5) is 0 Å². The van der Waals surface area contributed by atoms with Gasteiger partial charge in [0.15, 0.2) is 23.0 Å². The predicted molar refractivity (Wildman–Crippen MR) is 122 cm³/mol. The Morgan fingerprint density at radius 2 is 0.943 bits per heavy atom. The van der Waals surface area contributed by atoms with Crippen molar-refractivity contribution in [2.75, 3.05) is 67.1 Å². The van der Waals surface area contributed by atoms with Gasteiger partial charge in [0.05, 0.1) is 65.0 Å². The highest BCUT2D eigenvalue weighted by Crippen LogP contribution is 2.28. The molecule has 0 aliphatic rings. The molecule has 11 nitrogen and oxygen atoms in total. The van der Waals surface area contributed by atoms with Crippen molar-refractivity contribution >= 4 is 11.9 Å². The number of carbonyl (C=O) groups is 2. The second kappa shape index (κ2) is 15.4. The first kappa shape index (κ1) is 27.7. The summed E-state index contributed by atoms with van der Waals surface area (Å²) in [7, 11) is 2.54. The van der Waals surface area contributed by atoms with E-state index in [2.05, 4.69) is 9.47 Å². The largest absolute Gasteiger partial charge is 0.504 e. The first-order valence-electron chi connectivity index (χ1n) is 10.8. The van der Waals surface area contributed by atoms with Crippen LogP contribution in [0.2, 0.25) is 0 Å². The van der Waals surface area contributed by atoms with Crippen LogP contribution >= 0.6 is 0 Å². The molecule has 11 heteroatoms. The van der Waals surface area contributed by atoms with E-state index in [9.17, 15) is 19.8 Å². The molecule has 0 saturated carbocycles. The van der Waals surface area contributed by atoms with E-state index in [-0.39, 0.29) is 60.6 Å². The highest BCUT2D eigenvalue weighted by atomic mass is 16.6. The summed E-state index contributed by atoms with van der Waals surface area (Å²) in [6.45, 7) is 2.30. The zero-order valence-corrected chi connectivity index (χ0v) is 19.7. The molecule has 2 aromatic carbocycles. The Labute approximate surface area is 203 Å². The summed E-state index contributed by atoms with van der Waals surface area (Å²) >= 11 is 0. The lowest BCUT2D eigenvalue weighted by molar-refractivity contribution is 0.00478. The molecule has 0 aliphatic carbocycles. The molecule has 0 spiro atoms. The average Bonchev–Trinajstić information content (AvgIpc) is 2.87. The van der Waals surface area contributed by atoms with Crippen LogP contribution in [0.3, 0.4) is 0 Å². The van der Waals surface area contributed by atoms with Gasteiger partial charge in [-0.25, -0.2) is 9.59 Å². The summed E-state index contributed by atoms with van der Waals surface area (Å²) in [6.07, 6.45) is 0. The first-order chi connectivity index (χ1) is 17.0. The third kappa shape index (κ3) is 9.69. The summed E-state index contributed by atoms with van der Waals surface area (Å²) in [5.41, 5.74) is 0.545. The monoisotopic (exact) mass is 494 g/mol. The number of hydrogen-bond donors (Lipinski definition) is 2. The van der Waals surface area contributed by atoms with Crippen LogP contribution in [0.15, 0.2) is 36.4 Å². The number of methoxy groups -OCH3 is 2. The lowest BCUT2D eigenvalue weighted by atomic mass is 10.2. The number of aromatic hydroxyl groups is 2. The van der Waals surface area contributed by atoms with E-state index in [1.807, 2.05) is 0 Å². The molecule has 0 atom stereocenters. The number of phenols is 2. The Morgan fingerprint density at radius 3 is 1.29 bits per heavy atom. The van der Waals surface area contributed by atoms with E-state index >= 15 is 0 Å². The van der Waals surface area contributed by atoms with E-state index in [0.29, 0.717) is 26.4 Å². The van der Waals surface area contributed by atoms with Gasteiger partial charge >= 0.3 is 11.9 Å². The van der Waals surface area contributed by atoms with Crippen molar-refractivity contribution in [1.29, 1.82) is 0 Å². The summed E-state index contributed by atoms with van der Waals surface area (Å²) in [5.74, 6) is -0.884. The number of ether oxygens (including phenoxy) is 7.